The summed E-state index contributed by atoms with van der Waals surface area (Å²) in [4.78, 5) is 19.0. The summed E-state index contributed by atoms with van der Waals surface area (Å²) in [5.74, 6) is 1.83. The summed E-state index contributed by atoms with van der Waals surface area (Å²) in [5.41, 5.74) is 0.353. The molecule has 0 spiro atoms. The van der Waals surface area contributed by atoms with E-state index < -0.39 is 0 Å². The lowest BCUT2D eigenvalue weighted by molar-refractivity contribution is 0.112. The summed E-state index contributed by atoms with van der Waals surface area (Å²) in [6.45, 7) is 2.61. The number of aryl methyl sites for hydroxylation is 1. The Hall–Kier alpha value is -1.16. The maximum Gasteiger partial charge on any atom is 0.156 e. The van der Waals surface area contributed by atoms with Gasteiger partial charge in [0.25, 0.3) is 0 Å². The Kier molecular flexibility index (Phi) is 3.39. The van der Waals surface area contributed by atoms with Crippen molar-refractivity contribution in [1.82, 2.24) is 9.97 Å². The predicted molar refractivity (Wildman–Crippen MR) is 63.0 cm³/mol. The molecule has 1 fully saturated rings. The zero-order valence-corrected chi connectivity index (χ0v) is 9.92. The first-order valence-corrected chi connectivity index (χ1v) is 5.81. The Labute approximate surface area is 99.4 Å². The van der Waals surface area contributed by atoms with Crippen molar-refractivity contribution in [2.24, 2.45) is 5.92 Å². The van der Waals surface area contributed by atoms with Crippen molar-refractivity contribution in [2.45, 2.75) is 26.2 Å². The molecule has 5 heteroatoms. The molecule has 1 saturated carbocycles. The fraction of sp³-hybridized carbons (Fsp3) is 0.545. The molecule has 2 rings (SSSR count). The van der Waals surface area contributed by atoms with Gasteiger partial charge in [-0.25, -0.2) is 9.97 Å². The normalized spacial score (nSPS) is 15.6. The number of anilines is 1. The van der Waals surface area contributed by atoms with E-state index in [2.05, 4.69) is 15.3 Å². The van der Waals surface area contributed by atoms with Crippen LogP contribution in [0.3, 0.4) is 0 Å². The maximum absolute atomic E-state index is 10.9. The molecule has 0 atom stereocenters. The van der Waals surface area contributed by atoms with Gasteiger partial charge in [0.15, 0.2) is 6.29 Å². The standard InChI is InChI=1S/C11H14ClN3O/c1-7-14-10(12)9(6-16)11(15-7)13-5-8-3-2-4-8/h6,8H,2-5H2,1H3,(H,13,14,15). The third-order valence-electron chi connectivity index (χ3n) is 2.91. The minimum atomic E-state index is 0.221. The van der Waals surface area contributed by atoms with Gasteiger partial charge in [-0.05, 0) is 25.7 Å². The Morgan fingerprint density at radius 2 is 2.25 bits per heavy atom. The first-order valence-electron chi connectivity index (χ1n) is 5.44. The number of carbonyl (C=O) groups is 1. The van der Waals surface area contributed by atoms with Gasteiger partial charge in [-0.2, -0.15) is 0 Å². The van der Waals surface area contributed by atoms with E-state index in [1.165, 1.54) is 19.3 Å². The fourth-order valence-corrected chi connectivity index (χ4v) is 1.98. The lowest BCUT2D eigenvalue weighted by atomic mass is 9.85. The van der Waals surface area contributed by atoms with Crippen molar-refractivity contribution in [3.8, 4) is 0 Å². The van der Waals surface area contributed by atoms with E-state index in [0.29, 0.717) is 29.4 Å². The minimum Gasteiger partial charge on any atom is -0.369 e. The van der Waals surface area contributed by atoms with Crippen LogP contribution in [0, 0.1) is 12.8 Å². The second-order valence-electron chi connectivity index (χ2n) is 4.12. The molecule has 0 saturated heterocycles. The largest absolute Gasteiger partial charge is 0.369 e. The van der Waals surface area contributed by atoms with Crippen LogP contribution in [-0.2, 0) is 0 Å². The van der Waals surface area contributed by atoms with Crippen LogP contribution in [0.15, 0.2) is 0 Å². The third-order valence-corrected chi connectivity index (χ3v) is 3.20. The molecule has 1 aliphatic carbocycles. The third kappa shape index (κ3) is 2.32. The Balaban J connectivity index is 2.13. The molecule has 1 aromatic heterocycles. The fourth-order valence-electron chi connectivity index (χ4n) is 1.72. The molecule has 0 radical (unpaired) electrons. The average Bonchev–Trinajstić information content (AvgIpc) is 2.14. The SMILES string of the molecule is Cc1nc(Cl)c(C=O)c(NCC2CCC2)n1. The number of rotatable bonds is 4. The summed E-state index contributed by atoms with van der Waals surface area (Å²) in [6.07, 6.45) is 4.50. The first kappa shape index (κ1) is 11.3. The molecule has 0 unspecified atom stereocenters. The van der Waals surface area contributed by atoms with Crippen LogP contribution in [-0.4, -0.2) is 22.8 Å². The van der Waals surface area contributed by atoms with E-state index in [4.69, 9.17) is 11.6 Å². The number of nitrogens with one attached hydrogen (secondary N) is 1. The molecule has 0 bridgehead atoms. The van der Waals surface area contributed by atoms with Gasteiger partial charge in [-0.1, -0.05) is 18.0 Å². The second kappa shape index (κ2) is 4.78. The summed E-state index contributed by atoms with van der Waals surface area (Å²) >= 11 is 5.88. The van der Waals surface area contributed by atoms with Crippen LogP contribution in [0.2, 0.25) is 5.15 Å². The van der Waals surface area contributed by atoms with Crippen LogP contribution in [0.25, 0.3) is 0 Å². The van der Waals surface area contributed by atoms with Gasteiger partial charge >= 0.3 is 0 Å². The smallest absolute Gasteiger partial charge is 0.156 e. The van der Waals surface area contributed by atoms with E-state index in [-0.39, 0.29) is 5.15 Å². The highest BCUT2D eigenvalue weighted by molar-refractivity contribution is 6.32. The molecular formula is C11H14ClN3O. The van der Waals surface area contributed by atoms with Crippen molar-refractivity contribution >= 4 is 23.7 Å². The van der Waals surface area contributed by atoms with Gasteiger partial charge in [0.1, 0.15) is 16.8 Å². The average molecular weight is 240 g/mol. The van der Waals surface area contributed by atoms with Gasteiger partial charge in [-0.3, -0.25) is 4.79 Å². The van der Waals surface area contributed by atoms with E-state index >= 15 is 0 Å². The van der Waals surface area contributed by atoms with Gasteiger partial charge < -0.3 is 5.32 Å². The van der Waals surface area contributed by atoms with Crippen LogP contribution in [0.5, 0.6) is 0 Å². The quantitative estimate of drug-likeness (QED) is 0.648. The van der Waals surface area contributed by atoms with Crippen LogP contribution >= 0.6 is 11.6 Å². The van der Waals surface area contributed by atoms with Crippen LogP contribution < -0.4 is 5.32 Å². The van der Waals surface area contributed by atoms with E-state index in [1.807, 2.05) is 0 Å². The van der Waals surface area contributed by atoms with Crippen LogP contribution in [0.4, 0.5) is 5.82 Å². The molecule has 86 valence electrons. The molecule has 1 aromatic rings. The zero-order valence-electron chi connectivity index (χ0n) is 9.16. The number of hydrogen-bond acceptors (Lipinski definition) is 4. The van der Waals surface area contributed by atoms with Crippen molar-refractivity contribution in [3.63, 3.8) is 0 Å². The monoisotopic (exact) mass is 239 g/mol. The summed E-state index contributed by atoms with van der Waals surface area (Å²) in [5, 5.41) is 3.40. The lowest BCUT2D eigenvalue weighted by Crippen LogP contribution is -2.22. The molecule has 16 heavy (non-hydrogen) atoms. The van der Waals surface area contributed by atoms with Gasteiger partial charge in [0.2, 0.25) is 0 Å². The van der Waals surface area contributed by atoms with E-state index in [1.54, 1.807) is 6.92 Å². The van der Waals surface area contributed by atoms with Crippen molar-refractivity contribution in [2.75, 3.05) is 11.9 Å². The molecule has 1 aliphatic rings. The molecule has 0 amide bonds. The molecule has 0 aromatic carbocycles. The van der Waals surface area contributed by atoms with Crippen molar-refractivity contribution in [1.29, 1.82) is 0 Å². The topological polar surface area (TPSA) is 54.9 Å². The van der Waals surface area contributed by atoms with Gasteiger partial charge in [-0.15, -0.1) is 0 Å². The lowest BCUT2D eigenvalue weighted by Gasteiger charge is -2.25. The second-order valence-corrected chi connectivity index (χ2v) is 4.48. The summed E-state index contributed by atoms with van der Waals surface area (Å²) < 4.78 is 0. The number of hydrogen-bond donors (Lipinski definition) is 1. The van der Waals surface area contributed by atoms with Gasteiger partial charge in [0.05, 0.1) is 5.56 Å². The summed E-state index contributed by atoms with van der Waals surface area (Å²) in [6, 6.07) is 0. The molecule has 0 aliphatic heterocycles. The Morgan fingerprint density at radius 3 is 2.81 bits per heavy atom. The van der Waals surface area contributed by atoms with Gasteiger partial charge in [0, 0.05) is 6.54 Å². The highest BCUT2D eigenvalue weighted by Crippen LogP contribution is 2.27. The summed E-state index contributed by atoms with van der Waals surface area (Å²) in [7, 11) is 0. The number of aromatic nitrogens is 2. The van der Waals surface area contributed by atoms with E-state index in [9.17, 15) is 4.79 Å². The van der Waals surface area contributed by atoms with E-state index in [0.717, 1.165) is 6.54 Å². The number of halogens is 1. The first-order chi connectivity index (χ1) is 7.70. The maximum atomic E-state index is 10.9. The molecule has 1 N–H and O–H groups in total. The predicted octanol–water partition coefficient (Wildman–Crippen LogP) is 2.46. The molecular weight excluding hydrogens is 226 g/mol. The molecule has 1 heterocycles. The van der Waals surface area contributed by atoms with Crippen LogP contribution in [0.1, 0.15) is 35.4 Å². The number of carbonyl (C=O) groups excluding carboxylic acids is 1. The highest BCUT2D eigenvalue weighted by Gasteiger charge is 2.18. The Bertz CT molecular complexity index is 404. The highest BCUT2D eigenvalue weighted by atomic mass is 35.5. The Morgan fingerprint density at radius 1 is 1.50 bits per heavy atom. The number of nitrogens with zero attached hydrogens (tertiary/aromatic N) is 2. The van der Waals surface area contributed by atoms with Crippen molar-refractivity contribution in [3.05, 3.63) is 16.5 Å². The molecule has 4 nitrogen and oxygen atoms in total. The number of aldehydes is 1. The zero-order chi connectivity index (χ0) is 11.5. The minimum absolute atomic E-state index is 0.221. The van der Waals surface area contributed by atoms with Crippen molar-refractivity contribution < 1.29 is 4.79 Å².